The summed E-state index contributed by atoms with van der Waals surface area (Å²) in [7, 11) is 0. The summed E-state index contributed by atoms with van der Waals surface area (Å²) in [6.45, 7) is 4.50. The third-order valence-corrected chi connectivity index (χ3v) is 5.51. The van der Waals surface area contributed by atoms with Crippen LogP contribution in [0.15, 0.2) is 0 Å². The molecule has 0 unspecified atom stereocenters. The molecule has 0 aliphatic rings. The molecule has 0 aliphatic heterocycles. The first kappa shape index (κ1) is 26.3. The quantitative estimate of drug-likeness (QED) is 0.140. The highest BCUT2D eigenvalue weighted by molar-refractivity contribution is 5.98. The molecule has 0 bridgehead atoms. The first-order valence-electron chi connectivity index (χ1n) is 12.2. The second-order valence-electron chi connectivity index (χ2n) is 8.41. The highest BCUT2D eigenvalue weighted by Crippen LogP contribution is 2.13. The number of unbranched alkanes of at least 4 members (excludes halogenated alkanes) is 16. The molecule has 0 amide bonds. The fourth-order valence-electron chi connectivity index (χ4n) is 3.66. The van der Waals surface area contributed by atoms with E-state index in [-0.39, 0.29) is 18.0 Å². The molecular weight excluding hydrogens is 332 g/mol. The van der Waals surface area contributed by atoms with Crippen LogP contribution in [0.2, 0.25) is 0 Å². The van der Waals surface area contributed by atoms with Crippen molar-refractivity contribution in [2.75, 3.05) is 0 Å². The number of Topliss-reactive ketones (excluding diaryl/α,β-unsaturated/α-hetero) is 2. The SMILES string of the molecule is CCCCCCCCCCCC(=O)CC(=O)CCCCCCCCCCC. The Kier molecular flexibility index (Phi) is 21.1. The molecule has 0 saturated carbocycles. The van der Waals surface area contributed by atoms with Crippen LogP contribution < -0.4 is 0 Å². The van der Waals surface area contributed by atoms with Gasteiger partial charge in [-0.3, -0.25) is 9.59 Å². The largest absolute Gasteiger partial charge is 0.299 e. The molecule has 0 N–H and O–H groups in total. The van der Waals surface area contributed by atoms with Gasteiger partial charge in [-0.1, -0.05) is 117 Å². The summed E-state index contributed by atoms with van der Waals surface area (Å²) in [5, 5.41) is 0. The zero-order chi connectivity index (χ0) is 20.0. The Balaban J connectivity index is 3.33. The van der Waals surface area contributed by atoms with Crippen LogP contribution in [0.5, 0.6) is 0 Å². The van der Waals surface area contributed by atoms with E-state index in [1.807, 2.05) is 0 Å². The molecule has 0 atom stereocenters. The highest BCUT2D eigenvalue weighted by Gasteiger charge is 2.09. The van der Waals surface area contributed by atoms with Crippen LogP contribution >= 0.6 is 0 Å². The van der Waals surface area contributed by atoms with Crippen LogP contribution in [0, 0.1) is 0 Å². The maximum Gasteiger partial charge on any atom is 0.140 e. The van der Waals surface area contributed by atoms with Crippen molar-refractivity contribution >= 4 is 11.6 Å². The lowest BCUT2D eigenvalue weighted by atomic mass is 10.0. The molecule has 0 aromatic rings. The average molecular weight is 381 g/mol. The summed E-state index contributed by atoms with van der Waals surface area (Å²) in [5.41, 5.74) is 0. The second kappa shape index (κ2) is 21.6. The van der Waals surface area contributed by atoms with E-state index in [1.54, 1.807) is 0 Å². The minimum atomic E-state index is 0.166. The summed E-state index contributed by atoms with van der Waals surface area (Å²) in [5.74, 6) is 0.331. The maximum absolute atomic E-state index is 11.9. The maximum atomic E-state index is 11.9. The first-order valence-corrected chi connectivity index (χ1v) is 12.2. The molecule has 0 rings (SSSR count). The van der Waals surface area contributed by atoms with Crippen LogP contribution in [0.3, 0.4) is 0 Å². The monoisotopic (exact) mass is 380 g/mol. The van der Waals surface area contributed by atoms with Crippen molar-refractivity contribution in [3.63, 3.8) is 0 Å². The van der Waals surface area contributed by atoms with E-state index < -0.39 is 0 Å². The zero-order valence-corrected chi connectivity index (χ0v) is 18.7. The lowest BCUT2D eigenvalue weighted by Gasteiger charge is -2.03. The highest BCUT2D eigenvalue weighted by atomic mass is 16.1. The van der Waals surface area contributed by atoms with E-state index in [1.165, 1.54) is 89.9 Å². The standard InChI is InChI=1S/C25H48O2/c1-3-5-7-9-11-13-15-17-19-21-24(26)23-25(27)22-20-18-16-14-12-10-8-6-4-2/h3-23H2,1-2H3. The van der Waals surface area contributed by atoms with Gasteiger partial charge in [0.2, 0.25) is 0 Å². The molecule has 0 aliphatic carbocycles. The zero-order valence-electron chi connectivity index (χ0n) is 18.7. The summed E-state index contributed by atoms with van der Waals surface area (Å²) in [6.07, 6.45) is 24.2. The van der Waals surface area contributed by atoms with E-state index in [0.717, 1.165) is 25.7 Å². The van der Waals surface area contributed by atoms with E-state index in [4.69, 9.17) is 0 Å². The first-order chi connectivity index (χ1) is 13.2. The van der Waals surface area contributed by atoms with Crippen molar-refractivity contribution in [3.8, 4) is 0 Å². The van der Waals surface area contributed by atoms with Gasteiger partial charge in [0.25, 0.3) is 0 Å². The molecule has 0 aromatic carbocycles. The van der Waals surface area contributed by atoms with Crippen LogP contribution in [-0.2, 0) is 9.59 Å². The van der Waals surface area contributed by atoms with Crippen molar-refractivity contribution in [3.05, 3.63) is 0 Å². The van der Waals surface area contributed by atoms with E-state index in [0.29, 0.717) is 12.8 Å². The number of hydrogen-bond acceptors (Lipinski definition) is 2. The Morgan fingerprint density at radius 2 is 0.667 bits per heavy atom. The summed E-state index contributed by atoms with van der Waals surface area (Å²) in [6, 6.07) is 0. The second-order valence-corrected chi connectivity index (χ2v) is 8.41. The van der Waals surface area contributed by atoms with E-state index in [9.17, 15) is 9.59 Å². The normalized spacial score (nSPS) is 11.0. The predicted octanol–water partition coefficient (Wildman–Crippen LogP) is 8.36. The Morgan fingerprint density at radius 3 is 0.963 bits per heavy atom. The molecule has 0 spiro atoms. The van der Waals surface area contributed by atoms with Gasteiger partial charge >= 0.3 is 0 Å². The van der Waals surface area contributed by atoms with Crippen molar-refractivity contribution in [1.82, 2.24) is 0 Å². The molecule has 2 nitrogen and oxygen atoms in total. The number of carbonyl (C=O) groups is 2. The Hall–Kier alpha value is -0.660. The number of carbonyl (C=O) groups excluding carboxylic acids is 2. The topological polar surface area (TPSA) is 34.1 Å². The van der Waals surface area contributed by atoms with Gasteiger partial charge in [0.15, 0.2) is 0 Å². The van der Waals surface area contributed by atoms with Gasteiger partial charge in [0, 0.05) is 12.8 Å². The fourth-order valence-corrected chi connectivity index (χ4v) is 3.66. The van der Waals surface area contributed by atoms with Crippen LogP contribution in [0.4, 0.5) is 0 Å². The number of ketones is 2. The fraction of sp³-hybridized carbons (Fsp3) is 0.920. The van der Waals surface area contributed by atoms with Gasteiger partial charge in [0.1, 0.15) is 11.6 Å². The molecule has 0 saturated heterocycles. The Bertz CT molecular complexity index is 303. The predicted molar refractivity (Wildman–Crippen MR) is 118 cm³/mol. The molecule has 0 fully saturated rings. The van der Waals surface area contributed by atoms with Crippen LogP contribution in [0.25, 0.3) is 0 Å². The van der Waals surface area contributed by atoms with Crippen molar-refractivity contribution in [1.29, 1.82) is 0 Å². The molecule has 0 heterocycles. The van der Waals surface area contributed by atoms with Crippen LogP contribution in [-0.4, -0.2) is 11.6 Å². The molecule has 160 valence electrons. The molecule has 27 heavy (non-hydrogen) atoms. The average Bonchev–Trinajstić information content (AvgIpc) is 2.65. The van der Waals surface area contributed by atoms with Gasteiger partial charge < -0.3 is 0 Å². The number of rotatable bonds is 22. The van der Waals surface area contributed by atoms with Gasteiger partial charge in [-0.05, 0) is 12.8 Å². The molecule has 0 radical (unpaired) electrons. The Morgan fingerprint density at radius 1 is 0.407 bits per heavy atom. The van der Waals surface area contributed by atoms with Crippen molar-refractivity contribution in [2.45, 2.75) is 149 Å². The van der Waals surface area contributed by atoms with Gasteiger partial charge in [0.05, 0.1) is 6.42 Å². The van der Waals surface area contributed by atoms with E-state index >= 15 is 0 Å². The van der Waals surface area contributed by atoms with Gasteiger partial charge in [-0.15, -0.1) is 0 Å². The minimum Gasteiger partial charge on any atom is -0.299 e. The van der Waals surface area contributed by atoms with E-state index in [2.05, 4.69) is 13.8 Å². The minimum absolute atomic E-state index is 0.166. The van der Waals surface area contributed by atoms with Gasteiger partial charge in [-0.25, -0.2) is 0 Å². The van der Waals surface area contributed by atoms with Crippen LogP contribution in [0.1, 0.15) is 149 Å². The third-order valence-electron chi connectivity index (χ3n) is 5.51. The summed E-state index contributed by atoms with van der Waals surface area (Å²) >= 11 is 0. The Labute approximate surface area is 170 Å². The smallest absolute Gasteiger partial charge is 0.140 e. The summed E-state index contributed by atoms with van der Waals surface area (Å²) < 4.78 is 0. The molecule has 0 aromatic heterocycles. The molecular formula is C25H48O2. The van der Waals surface area contributed by atoms with Crippen molar-refractivity contribution < 1.29 is 9.59 Å². The summed E-state index contributed by atoms with van der Waals surface area (Å²) in [4.78, 5) is 23.8. The van der Waals surface area contributed by atoms with Crippen molar-refractivity contribution in [2.24, 2.45) is 0 Å². The molecule has 2 heteroatoms. The lowest BCUT2D eigenvalue weighted by molar-refractivity contribution is -0.127. The number of hydrogen-bond donors (Lipinski definition) is 0. The third kappa shape index (κ3) is 21.5. The van der Waals surface area contributed by atoms with Gasteiger partial charge in [-0.2, -0.15) is 0 Å². The lowest BCUT2D eigenvalue weighted by Crippen LogP contribution is -2.07.